The predicted molar refractivity (Wildman–Crippen MR) is 176 cm³/mol. The maximum Gasteiger partial charge on any atom is 0.248 e. The smallest absolute Gasteiger partial charge is 0.248 e. The van der Waals surface area contributed by atoms with Crippen LogP contribution < -0.4 is 0 Å². The normalized spacial score (nSPS) is 11.3. The van der Waals surface area contributed by atoms with E-state index in [0.29, 0.717) is 11.8 Å². The molecule has 0 N–H and O–H groups in total. The fourth-order valence-corrected chi connectivity index (χ4v) is 6.12. The van der Waals surface area contributed by atoms with Gasteiger partial charge in [-0.25, -0.2) is 0 Å². The number of nitrogens with zero attached hydrogens (tertiary/aromatic N) is 2. The van der Waals surface area contributed by atoms with Crippen molar-refractivity contribution in [2.24, 2.45) is 0 Å². The minimum Gasteiger partial charge on any atom is -0.416 e. The Balaban J connectivity index is 1.22. The maximum atomic E-state index is 6.25. The first-order valence-corrected chi connectivity index (χ1v) is 14.4. The SMILES string of the molecule is c1ccc(-c2ccccc2-c2nnc(-c3ccc(-c4c5ccccc5c(-c5ccccc5)c5ccccc45)cc3)o2)cc1. The Morgan fingerprint density at radius 1 is 0.302 bits per heavy atom. The molecule has 0 radical (unpaired) electrons. The summed E-state index contributed by atoms with van der Waals surface area (Å²) in [5.74, 6) is 1.01. The van der Waals surface area contributed by atoms with Crippen LogP contribution in [0.25, 0.3) is 77.8 Å². The molecular weight excluding hydrogens is 524 g/mol. The zero-order valence-electron chi connectivity index (χ0n) is 23.3. The van der Waals surface area contributed by atoms with Crippen LogP contribution in [0.15, 0.2) is 162 Å². The number of rotatable bonds is 5. The van der Waals surface area contributed by atoms with Gasteiger partial charge in [0, 0.05) is 11.1 Å². The Hall–Kier alpha value is -5.80. The number of aromatic nitrogens is 2. The molecule has 8 rings (SSSR count). The molecule has 3 nitrogen and oxygen atoms in total. The summed E-state index contributed by atoms with van der Waals surface area (Å²) in [4.78, 5) is 0. The summed E-state index contributed by atoms with van der Waals surface area (Å²) in [5.41, 5.74) is 8.82. The van der Waals surface area contributed by atoms with Crippen molar-refractivity contribution in [3.63, 3.8) is 0 Å². The fraction of sp³-hybridized carbons (Fsp3) is 0. The molecule has 0 aliphatic carbocycles. The van der Waals surface area contributed by atoms with Crippen molar-refractivity contribution in [3.8, 4) is 56.3 Å². The van der Waals surface area contributed by atoms with Gasteiger partial charge in [-0.05, 0) is 73.1 Å². The summed E-state index contributed by atoms with van der Waals surface area (Å²) in [6.07, 6.45) is 0. The minimum absolute atomic E-state index is 0.499. The van der Waals surface area contributed by atoms with Crippen LogP contribution in [-0.4, -0.2) is 10.2 Å². The largest absolute Gasteiger partial charge is 0.416 e. The fourth-order valence-electron chi connectivity index (χ4n) is 6.12. The Labute approximate surface area is 249 Å². The lowest BCUT2D eigenvalue weighted by Gasteiger charge is -2.17. The standard InChI is InChI=1S/C40H26N2O/c1-3-13-27(14-4-1)31-17-7-12-22-36(31)40-42-41-39(43-40)30-25-23-29(24-26-30)38-34-20-10-8-18-32(34)37(28-15-5-2-6-16-28)33-19-9-11-21-35(33)38/h1-26H. The van der Waals surface area contributed by atoms with Gasteiger partial charge in [-0.1, -0.05) is 140 Å². The van der Waals surface area contributed by atoms with E-state index in [1.165, 1.54) is 38.2 Å². The Bertz CT molecular complexity index is 2160. The van der Waals surface area contributed by atoms with Gasteiger partial charge in [0.05, 0.1) is 0 Å². The Morgan fingerprint density at radius 3 is 1.26 bits per heavy atom. The van der Waals surface area contributed by atoms with E-state index in [9.17, 15) is 0 Å². The summed E-state index contributed by atoms with van der Waals surface area (Å²) in [5, 5.41) is 13.8. The van der Waals surface area contributed by atoms with Crippen LogP contribution in [0.2, 0.25) is 0 Å². The van der Waals surface area contributed by atoms with Crippen LogP contribution in [0, 0.1) is 0 Å². The molecule has 0 saturated carbocycles. The van der Waals surface area contributed by atoms with Crippen molar-refractivity contribution >= 4 is 21.5 Å². The first kappa shape index (κ1) is 25.0. The van der Waals surface area contributed by atoms with Crippen LogP contribution in [-0.2, 0) is 0 Å². The van der Waals surface area contributed by atoms with E-state index in [-0.39, 0.29) is 0 Å². The first-order chi connectivity index (χ1) is 21.3. The summed E-state index contributed by atoms with van der Waals surface area (Å²) in [6, 6.07) is 55.0. The highest BCUT2D eigenvalue weighted by Gasteiger charge is 2.18. The molecule has 0 saturated heterocycles. The molecule has 1 heterocycles. The summed E-state index contributed by atoms with van der Waals surface area (Å²) < 4.78 is 6.25. The third-order valence-corrected chi connectivity index (χ3v) is 8.08. The van der Waals surface area contributed by atoms with Crippen molar-refractivity contribution in [1.82, 2.24) is 10.2 Å². The molecule has 0 fully saturated rings. The first-order valence-electron chi connectivity index (χ1n) is 14.4. The van der Waals surface area contributed by atoms with Gasteiger partial charge >= 0.3 is 0 Å². The summed E-state index contributed by atoms with van der Waals surface area (Å²) >= 11 is 0. The van der Waals surface area contributed by atoms with E-state index in [0.717, 1.165) is 27.8 Å². The van der Waals surface area contributed by atoms with Gasteiger partial charge in [-0.3, -0.25) is 0 Å². The monoisotopic (exact) mass is 550 g/mol. The molecule has 0 unspecified atom stereocenters. The van der Waals surface area contributed by atoms with Gasteiger partial charge in [0.25, 0.3) is 0 Å². The average Bonchev–Trinajstić information content (AvgIpc) is 3.58. The van der Waals surface area contributed by atoms with Crippen molar-refractivity contribution in [2.45, 2.75) is 0 Å². The molecule has 7 aromatic carbocycles. The van der Waals surface area contributed by atoms with Gasteiger partial charge in [-0.2, -0.15) is 0 Å². The second-order valence-corrected chi connectivity index (χ2v) is 10.6. The lowest BCUT2D eigenvalue weighted by atomic mass is 9.86. The van der Waals surface area contributed by atoms with Crippen molar-refractivity contribution < 1.29 is 4.42 Å². The van der Waals surface area contributed by atoms with Gasteiger partial charge in [-0.15, -0.1) is 10.2 Å². The lowest BCUT2D eigenvalue weighted by molar-refractivity contribution is 0.585. The molecule has 8 aromatic rings. The average molecular weight is 551 g/mol. The highest BCUT2D eigenvalue weighted by molar-refractivity contribution is 6.21. The molecule has 0 spiro atoms. The van der Waals surface area contributed by atoms with Gasteiger partial charge in [0.2, 0.25) is 11.8 Å². The van der Waals surface area contributed by atoms with Gasteiger partial charge < -0.3 is 4.42 Å². The number of hydrogen-bond donors (Lipinski definition) is 0. The van der Waals surface area contributed by atoms with Crippen molar-refractivity contribution in [3.05, 3.63) is 158 Å². The van der Waals surface area contributed by atoms with Gasteiger partial charge in [0.15, 0.2) is 0 Å². The van der Waals surface area contributed by atoms with E-state index >= 15 is 0 Å². The zero-order valence-corrected chi connectivity index (χ0v) is 23.3. The molecule has 0 aliphatic rings. The van der Waals surface area contributed by atoms with E-state index in [2.05, 4.69) is 132 Å². The van der Waals surface area contributed by atoms with E-state index in [4.69, 9.17) is 4.42 Å². The third-order valence-electron chi connectivity index (χ3n) is 8.08. The quantitative estimate of drug-likeness (QED) is 0.200. The van der Waals surface area contributed by atoms with E-state index in [1.54, 1.807) is 0 Å². The second-order valence-electron chi connectivity index (χ2n) is 10.6. The second kappa shape index (κ2) is 10.6. The van der Waals surface area contributed by atoms with Crippen LogP contribution in [0.5, 0.6) is 0 Å². The molecule has 1 aromatic heterocycles. The summed E-state index contributed by atoms with van der Waals surface area (Å²) in [7, 11) is 0. The predicted octanol–water partition coefficient (Wildman–Crippen LogP) is 10.7. The molecule has 0 aliphatic heterocycles. The number of hydrogen-bond acceptors (Lipinski definition) is 3. The highest BCUT2D eigenvalue weighted by atomic mass is 16.4. The molecule has 43 heavy (non-hydrogen) atoms. The number of benzene rings is 7. The van der Waals surface area contributed by atoms with Crippen LogP contribution in [0.3, 0.4) is 0 Å². The Morgan fingerprint density at radius 2 is 0.698 bits per heavy atom. The molecule has 0 atom stereocenters. The van der Waals surface area contributed by atoms with Crippen LogP contribution >= 0.6 is 0 Å². The molecular formula is C40H26N2O. The molecule has 3 heteroatoms. The lowest BCUT2D eigenvalue weighted by Crippen LogP contribution is -1.90. The molecule has 0 amide bonds. The maximum absolute atomic E-state index is 6.25. The highest BCUT2D eigenvalue weighted by Crippen LogP contribution is 2.43. The number of fused-ring (bicyclic) bond motifs is 2. The van der Waals surface area contributed by atoms with Crippen LogP contribution in [0.4, 0.5) is 0 Å². The van der Waals surface area contributed by atoms with E-state index < -0.39 is 0 Å². The third kappa shape index (κ3) is 4.39. The topological polar surface area (TPSA) is 38.9 Å². The van der Waals surface area contributed by atoms with Crippen molar-refractivity contribution in [2.75, 3.05) is 0 Å². The molecule has 202 valence electrons. The van der Waals surface area contributed by atoms with Crippen LogP contribution in [0.1, 0.15) is 0 Å². The minimum atomic E-state index is 0.499. The summed E-state index contributed by atoms with van der Waals surface area (Å²) in [6.45, 7) is 0. The zero-order chi connectivity index (χ0) is 28.6. The van der Waals surface area contributed by atoms with Gasteiger partial charge in [0.1, 0.15) is 0 Å². The van der Waals surface area contributed by atoms with E-state index in [1.807, 2.05) is 36.4 Å². The van der Waals surface area contributed by atoms with Crippen molar-refractivity contribution in [1.29, 1.82) is 0 Å². The Kier molecular flexibility index (Phi) is 6.12. The molecule has 0 bridgehead atoms.